The summed E-state index contributed by atoms with van der Waals surface area (Å²) in [5, 5.41) is 0. The highest BCUT2D eigenvalue weighted by Crippen LogP contribution is 2.27. The second-order valence-electron chi connectivity index (χ2n) is 2.13. The fraction of sp³-hybridized carbons (Fsp3) is 0.600. The molecule has 1 atom stereocenters. The molecule has 1 saturated carbocycles. The molecule has 0 bridgehead atoms. The Morgan fingerprint density at radius 3 is 2.25 bits per heavy atom. The number of hydrogen-bond acceptors (Lipinski definition) is 3. The molecule has 1 fully saturated rings. The van der Waals surface area contributed by atoms with Crippen LogP contribution in [0.2, 0.25) is 0 Å². The van der Waals surface area contributed by atoms with Crippen molar-refractivity contribution in [1.82, 2.24) is 0 Å². The molecule has 0 aromatic heterocycles. The maximum Gasteiger partial charge on any atom is 0.163 e. The van der Waals surface area contributed by atoms with Crippen molar-refractivity contribution < 1.29 is 9.59 Å². The maximum atomic E-state index is 10.4. The Hall–Kier alpha value is -0.700. The summed E-state index contributed by atoms with van der Waals surface area (Å²) in [4.78, 5) is 20.7. The molecule has 0 amide bonds. The number of Topliss-reactive ketones (excluding diaryl/α,β-unsaturated/α-hetero) is 2. The number of carbonyl (C=O) groups excluding carboxylic acids is 2. The fourth-order valence-electron chi connectivity index (χ4n) is 0.530. The van der Waals surface area contributed by atoms with Gasteiger partial charge in [-0.15, -0.1) is 0 Å². The highest BCUT2D eigenvalue weighted by atomic mass is 16.2. The van der Waals surface area contributed by atoms with Crippen LogP contribution in [0.25, 0.3) is 0 Å². The highest BCUT2D eigenvalue weighted by Gasteiger charge is 2.54. The minimum absolute atomic E-state index is 0.134. The van der Waals surface area contributed by atoms with Crippen molar-refractivity contribution in [2.45, 2.75) is 18.9 Å². The van der Waals surface area contributed by atoms with Gasteiger partial charge in [-0.25, -0.2) is 0 Å². The van der Waals surface area contributed by atoms with Crippen molar-refractivity contribution in [3.05, 3.63) is 0 Å². The lowest BCUT2D eigenvalue weighted by Gasteiger charge is -1.94. The Kier molecular flexibility index (Phi) is 0.795. The second kappa shape index (κ2) is 1.17. The summed E-state index contributed by atoms with van der Waals surface area (Å²) in [7, 11) is 0. The number of rotatable bonds is 1. The molecule has 1 aliphatic carbocycles. The molecule has 0 spiro atoms. The smallest absolute Gasteiger partial charge is 0.163 e. The van der Waals surface area contributed by atoms with Crippen molar-refractivity contribution >= 4 is 11.6 Å². The van der Waals surface area contributed by atoms with E-state index in [4.69, 9.17) is 5.73 Å². The molecule has 3 heteroatoms. The molecule has 0 aromatic rings. The predicted molar refractivity (Wildman–Crippen MR) is 27.2 cm³/mol. The SMILES string of the molecule is CC(=O)C1(N)CC1=O. The van der Waals surface area contributed by atoms with Gasteiger partial charge in [-0.05, 0) is 6.92 Å². The first-order chi connectivity index (χ1) is 3.57. The van der Waals surface area contributed by atoms with E-state index in [1.165, 1.54) is 6.92 Å². The van der Waals surface area contributed by atoms with Crippen LogP contribution in [0.3, 0.4) is 0 Å². The largest absolute Gasteiger partial charge is 0.312 e. The number of nitrogens with two attached hydrogens (primary N) is 1. The van der Waals surface area contributed by atoms with Gasteiger partial charge in [-0.1, -0.05) is 0 Å². The van der Waals surface area contributed by atoms with Crippen LogP contribution in [-0.2, 0) is 9.59 Å². The van der Waals surface area contributed by atoms with E-state index >= 15 is 0 Å². The summed E-state index contributed by atoms with van der Waals surface area (Å²) < 4.78 is 0. The highest BCUT2D eigenvalue weighted by molar-refractivity contribution is 6.23. The Balaban J connectivity index is 2.73. The van der Waals surface area contributed by atoms with Gasteiger partial charge in [0.2, 0.25) is 0 Å². The third-order valence-corrected chi connectivity index (χ3v) is 1.44. The molecule has 0 aliphatic heterocycles. The van der Waals surface area contributed by atoms with E-state index in [-0.39, 0.29) is 18.0 Å². The van der Waals surface area contributed by atoms with Gasteiger partial charge >= 0.3 is 0 Å². The zero-order valence-corrected chi connectivity index (χ0v) is 4.60. The van der Waals surface area contributed by atoms with Crippen molar-refractivity contribution in [2.24, 2.45) is 5.73 Å². The zero-order chi connectivity index (χ0) is 6.36. The lowest BCUT2D eigenvalue weighted by atomic mass is 10.2. The summed E-state index contributed by atoms with van der Waals surface area (Å²) in [5.74, 6) is -0.354. The number of carbonyl (C=O) groups is 2. The van der Waals surface area contributed by atoms with Gasteiger partial charge in [0.25, 0.3) is 0 Å². The molecule has 8 heavy (non-hydrogen) atoms. The fourth-order valence-corrected chi connectivity index (χ4v) is 0.530. The van der Waals surface area contributed by atoms with E-state index in [9.17, 15) is 9.59 Å². The molecule has 0 radical (unpaired) electrons. The van der Waals surface area contributed by atoms with Crippen LogP contribution in [0, 0.1) is 0 Å². The summed E-state index contributed by atoms with van der Waals surface area (Å²) >= 11 is 0. The van der Waals surface area contributed by atoms with E-state index < -0.39 is 5.54 Å². The van der Waals surface area contributed by atoms with Crippen LogP contribution < -0.4 is 5.73 Å². The van der Waals surface area contributed by atoms with E-state index in [2.05, 4.69) is 0 Å². The third kappa shape index (κ3) is 0.479. The molecular weight excluding hydrogens is 106 g/mol. The molecule has 1 unspecified atom stereocenters. The second-order valence-corrected chi connectivity index (χ2v) is 2.13. The van der Waals surface area contributed by atoms with Gasteiger partial charge in [-0.2, -0.15) is 0 Å². The average Bonchev–Trinajstić information content (AvgIpc) is 2.17. The normalized spacial score (nSPS) is 35.0. The lowest BCUT2D eigenvalue weighted by molar-refractivity contribution is -0.122. The summed E-state index contributed by atoms with van der Waals surface area (Å²) in [6, 6.07) is 0. The molecule has 0 aromatic carbocycles. The zero-order valence-electron chi connectivity index (χ0n) is 4.60. The van der Waals surface area contributed by atoms with Crippen molar-refractivity contribution in [2.75, 3.05) is 0 Å². The molecule has 0 heterocycles. The lowest BCUT2D eigenvalue weighted by Crippen LogP contribution is -2.33. The number of ketones is 2. The van der Waals surface area contributed by atoms with Crippen molar-refractivity contribution in [3.63, 3.8) is 0 Å². The van der Waals surface area contributed by atoms with Gasteiger partial charge in [0.05, 0.1) is 0 Å². The van der Waals surface area contributed by atoms with Crippen LogP contribution in [-0.4, -0.2) is 17.1 Å². The Morgan fingerprint density at radius 1 is 1.88 bits per heavy atom. The monoisotopic (exact) mass is 113 g/mol. The molecule has 0 saturated heterocycles. The van der Waals surface area contributed by atoms with Gasteiger partial charge in [0.15, 0.2) is 11.6 Å². The van der Waals surface area contributed by atoms with Crippen LogP contribution in [0.5, 0.6) is 0 Å². The molecule has 2 N–H and O–H groups in total. The standard InChI is InChI=1S/C5H7NO2/c1-3(7)5(6)2-4(5)8/h2,6H2,1H3. The Bertz CT molecular complexity index is 164. The van der Waals surface area contributed by atoms with Crippen molar-refractivity contribution in [3.8, 4) is 0 Å². The molecule has 44 valence electrons. The summed E-state index contributed by atoms with van der Waals surface area (Å²) in [6.07, 6.45) is 0.238. The average molecular weight is 113 g/mol. The minimum atomic E-state index is -1.07. The molecular formula is C5H7NO2. The van der Waals surface area contributed by atoms with Crippen LogP contribution in [0.15, 0.2) is 0 Å². The summed E-state index contributed by atoms with van der Waals surface area (Å²) in [5.41, 5.74) is 4.16. The topological polar surface area (TPSA) is 60.2 Å². The molecule has 3 nitrogen and oxygen atoms in total. The van der Waals surface area contributed by atoms with E-state index in [0.717, 1.165) is 0 Å². The van der Waals surface area contributed by atoms with Gasteiger partial charge in [0.1, 0.15) is 5.54 Å². The molecule has 1 rings (SSSR count). The first-order valence-corrected chi connectivity index (χ1v) is 2.40. The Morgan fingerprint density at radius 2 is 2.25 bits per heavy atom. The van der Waals surface area contributed by atoms with E-state index in [1.807, 2.05) is 0 Å². The first-order valence-electron chi connectivity index (χ1n) is 2.40. The van der Waals surface area contributed by atoms with Crippen LogP contribution in [0.4, 0.5) is 0 Å². The van der Waals surface area contributed by atoms with Crippen LogP contribution in [0.1, 0.15) is 13.3 Å². The third-order valence-electron chi connectivity index (χ3n) is 1.44. The quantitative estimate of drug-likeness (QED) is 0.455. The van der Waals surface area contributed by atoms with E-state index in [0.29, 0.717) is 0 Å². The summed E-state index contributed by atoms with van der Waals surface area (Å²) in [6.45, 7) is 1.34. The Labute approximate surface area is 46.9 Å². The predicted octanol–water partition coefficient (Wildman–Crippen LogP) is -0.754. The van der Waals surface area contributed by atoms with Gasteiger partial charge in [-0.3, -0.25) is 9.59 Å². The van der Waals surface area contributed by atoms with Crippen molar-refractivity contribution in [1.29, 1.82) is 0 Å². The van der Waals surface area contributed by atoms with Crippen LogP contribution >= 0.6 is 0 Å². The number of hydrogen-bond donors (Lipinski definition) is 1. The maximum absolute atomic E-state index is 10.4. The van der Waals surface area contributed by atoms with E-state index in [1.54, 1.807) is 0 Å². The first kappa shape index (κ1) is 5.44. The minimum Gasteiger partial charge on any atom is -0.312 e. The molecule has 1 aliphatic rings. The van der Waals surface area contributed by atoms with Gasteiger partial charge in [0, 0.05) is 6.42 Å². The van der Waals surface area contributed by atoms with Gasteiger partial charge < -0.3 is 5.73 Å².